The Labute approximate surface area is 165 Å². The molecule has 146 valence electrons. The van der Waals surface area contributed by atoms with E-state index in [-0.39, 0.29) is 12.5 Å². The fraction of sp³-hybridized carbons (Fsp3) is 0.318. The Morgan fingerprint density at radius 1 is 1.18 bits per heavy atom. The van der Waals surface area contributed by atoms with Gasteiger partial charge in [-0.05, 0) is 43.1 Å². The molecule has 3 aromatic rings. The zero-order valence-corrected chi connectivity index (χ0v) is 16.5. The molecule has 2 N–H and O–H groups in total. The van der Waals surface area contributed by atoms with Crippen molar-refractivity contribution >= 4 is 23.2 Å². The molecule has 3 rings (SSSR count). The highest BCUT2D eigenvalue weighted by atomic mass is 16.2. The number of fused-ring (bicyclic) bond motifs is 1. The van der Waals surface area contributed by atoms with E-state index in [0.29, 0.717) is 6.54 Å². The summed E-state index contributed by atoms with van der Waals surface area (Å²) in [5, 5.41) is 7.19. The van der Waals surface area contributed by atoms with Crippen LogP contribution in [-0.2, 0) is 24.3 Å². The second kappa shape index (κ2) is 9.80. The number of hydrogen-bond acceptors (Lipinski definition) is 4. The highest BCUT2D eigenvalue weighted by Crippen LogP contribution is 2.15. The molecule has 1 aromatic heterocycles. The fourth-order valence-electron chi connectivity index (χ4n) is 3.10. The van der Waals surface area contributed by atoms with Gasteiger partial charge in [0.15, 0.2) is 0 Å². The van der Waals surface area contributed by atoms with Gasteiger partial charge in [-0.2, -0.15) is 5.10 Å². The molecule has 6 heteroatoms. The van der Waals surface area contributed by atoms with Gasteiger partial charge in [0.05, 0.1) is 23.8 Å². The molecule has 0 saturated heterocycles. The Kier molecular flexibility index (Phi) is 6.92. The normalized spacial score (nSPS) is 11.4. The number of aromatic nitrogens is 2. The van der Waals surface area contributed by atoms with Crippen molar-refractivity contribution in [2.75, 3.05) is 7.05 Å². The minimum Gasteiger partial charge on any atom is -0.317 e. The summed E-state index contributed by atoms with van der Waals surface area (Å²) in [5.41, 5.74) is 6.72. The van der Waals surface area contributed by atoms with E-state index in [9.17, 15) is 4.79 Å². The van der Waals surface area contributed by atoms with Crippen molar-refractivity contribution in [2.45, 2.75) is 39.3 Å². The first-order chi connectivity index (χ1) is 13.7. The summed E-state index contributed by atoms with van der Waals surface area (Å²) in [7, 11) is 1.86. The highest BCUT2D eigenvalue weighted by molar-refractivity contribution is 5.83. The van der Waals surface area contributed by atoms with Crippen LogP contribution < -0.4 is 10.7 Å². The largest absolute Gasteiger partial charge is 0.317 e. The van der Waals surface area contributed by atoms with E-state index >= 15 is 0 Å². The quantitative estimate of drug-likeness (QED) is 0.444. The number of rotatable bonds is 9. The molecule has 0 fully saturated rings. The van der Waals surface area contributed by atoms with Gasteiger partial charge in [-0.3, -0.25) is 4.79 Å². The predicted molar refractivity (Wildman–Crippen MR) is 113 cm³/mol. The first kappa shape index (κ1) is 19.8. The number of amides is 1. The molecule has 0 radical (unpaired) electrons. The SMILES string of the molecule is CCCCc1ccc(/C=N/NC(=O)Cn2c(CNC)nc3ccccc32)cc1. The number of imidazole rings is 1. The van der Waals surface area contributed by atoms with Crippen molar-refractivity contribution in [2.24, 2.45) is 5.10 Å². The lowest BCUT2D eigenvalue weighted by Crippen LogP contribution is -2.25. The standard InChI is InChI=1S/C22H27N5O/c1-3-4-7-17-10-12-18(13-11-17)14-24-26-22(28)16-27-20-9-6-5-8-19(20)25-21(27)15-23-2/h5-6,8-14,23H,3-4,7,15-16H2,1-2H3,(H,26,28)/b24-14+. The van der Waals surface area contributed by atoms with E-state index in [1.54, 1.807) is 6.21 Å². The maximum absolute atomic E-state index is 12.4. The third-order valence-electron chi connectivity index (χ3n) is 4.57. The monoisotopic (exact) mass is 377 g/mol. The summed E-state index contributed by atoms with van der Waals surface area (Å²) >= 11 is 0. The van der Waals surface area contributed by atoms with Crippen LogP contribution in [0.15, 0.2) is 53.6 Å². The lowest BCUT2D eigenvalue weighted by Gasteiger charge is -2.07. The summed E-state index contributed by atoms with van der Waals surface area (Å²) in [6, 6.07) is 16.1. The topological polar surface area (TPSA) is 71.3 Å². The minimum absolute atomic E-state index is 0.171. The smallest absolute Gasteiger partial charge is 0.260 e. The Morgan fingerprint density at radius 3 is 2.71 bits per heavy atom. The van der Waals surface area contributed by atoms with Crippen molar-refractivity contribution < 1.29 is 4.79 Å². The number of carbonyl (C=O) groups is 1. The van der Waals surface area contributed by atoms with Crippen LogP contribution >= 0.6 is 0 Å². The van der Waals surface area contributed by atoms with Crippen LogP contribution in [0.3, 0.4) is 0 Å². The molecule has 0 aliphatic carbocycles. The van der Waals surface area contributed by atoms with Crippen LogP contribution in [-0.4, -0.2) is 28.7 Å². The maximum Gasteiger partial charge on any atom is 0.260 e. The Morgan fingerprint density at radius 2 is 1.96 bits per heavy atom. The molecule has 1 heterocycles. The number of nitrogens with zero attached hydrogens (tertiary/aromatic N) is 3. The van der Waals surface area contributed by atoms with Crippen LogP contribution in [0.25, 0.3) is 11.0 Å². The molecule has 2 aromatic carbocycles. The molecule has 6 nitrogen and oxygen atoms in total. The number of hydrogen-bond donors (Lipinski definition) is 2. The van der Waals surface area contributed by atoms with Crippen LogP contribution in [0.4, 0.5) is 0 Å². The number of unbranched alkanes of at least 4 members (excludes halogenated alkanes) is 1. The number of aryl methyl sites for hydroxylation is 1. The zero-order valence-electron chi connectivity index (χ0n) is 16.5. The van der Waals surface area contributed by atoms with E-state index in [1.807, 2.05) is 48.0 Å². The number of benzene rings is 2. The number of para-hydroxylation sites is 2. The molecule has 0 bridgehead atoms. The average Bonchev–Trinajstić information content (AvgIpc) is 3.05. The lowest BCUT2D eigenvalue weighted by atomic mass is 10.1. The van der Waals surface area contributed by atoms with Gasteiger partial charge >= 0.3 is 0 Å². The van der Waals surface area contributed by atoms with E-state index in [4.69, 9.17) is 0 Å². The first-order valence-electron chi connectivity index (χ1n) is 9.71. The molecule has 0 spiro atoms. The molecule has 0 aliphatic heterocycles. The van der Waals surface area contributed by atoms with Crippen molar-refractivity contribution in [1.29, 1.82) is 0 Å². The van der Waals surface area contributed by atoms with Crippen molar-refractivity contribution in [3.63, 3.8) is 0 Å². The number of hydrazone groups is 1. The second-order valence-electron chi connectivity index (χ2n) is 6.77. The van der Waals surface area contributed by atoms with Crippen molar-refractivity contribution in [3.05, 3.63) is 65.5 Å². The molecule has 0 aliphatic rings. The number of carbonyl (C=O) groups excluding carboxylic acids is 1. The Balaban J connectivity index is 1.62. The third kappa shape index (κ3) is 5.04. The maximum atomic E-state index is 12.4. The molecule has 0 unspecified atom stereocenters. The minimum atomic E-state index is -0.184. The summed E-state index contributed by atoms with van der Waals surface area (Å²) < 4.78 is 1.92. The molecule has 1 amide bonds. The van der Waals surface area contributed by atoms with Crippen LogP contribution in [0, 0.1) is 0 Å². The van der Waals surface area contributed by atoms with Gasteiger partial charge in [0, 0.05) is 0 Å². The van der Waals surface area contributed by atoms with Gasteiger partial charge in [-0.15, -0.1) is 0 Å². The van der Waals surface area contributed by atoms with Gasteiger partial charge in [-0.25, -0.2) is 10.4 Å². The summed E-state index contributed by atoms with van der Waals surface area (Å²) in [6.45, 7) is 2.96. The van der Waals surface area contributed by atoms with Gasteiger partial charge in [-0.1, -0.05) is 49.7 Å². The van der Waals surface area contributed by atoms with E-state index < -0.39 is 0 Å². The molecule has 28 heavy (non-hydrogen) atoms. The number of nitrogens with one attached hydrogen (secondary N) is 2. The lowest BCUT2D eigenvalue weighted by molar-refractivity contribution is -0.121. The van der Waals surface area contributed by atoms with Crippen LogP contribution in [0.5, 0.6) is 0 Å². The van der Waals surface area contributed by atoms with Crippen molar-refractivity contribution in [1.82, 2.24) is 20.3 Å². The van der Waals surface area contributed by atoms with E-state index in [0.717, 1.165) is 28.8 Å². The molecule has 0 saturated carbocycles. The first-order valence-corrected chi connectivity index (χ1v) is 9.71. The highest BCUT2D eigenvalue weighted by Gasteiger charge is 2.12. The molecular formula is C22H27N5O. The molecule has 0 atom stereocenters. The fourth-order valence-corrected chi connectivity index (χ4v) is 3.10. The van der Waals surface area contributed by atoms with E-state index in [2.05, 4.69) is 39.9 Å². The second-order valence-corrected chi connectivity index (χ2v) is 6.77. The average molecular weight is 377 g/mol. The van der Waals surface area contributed by atoms with Gasteiger partial charge in [0.25, 0.3) is 5.91 Å². The van der Waals surface area contributed by atoms with Crippen molar-refractivity contribution in [3.8, 4) is 0 Å². The van der Waals surface area contributed by atoms with Crippen LogP contribution in [0.2, 0.25) is 0 Å². The Hall–Kier alpha value is -2.99. The zero-order chi connectivity index (χ0) is 19.8. The summed E-state index contributed by atoms with van der Waals surface area (Å²) in [5.74, 6) is 0.641. The van der Waals surface area contributed by atoms with Gasteiger partial charge in [0.1, 0.15) is 12.4 Å². The third-order valence-corrected chi connectivity index (χ3v) is 4.57. The summed E-state index contributed by atoms with van der Waals surface area (Å²) in [6.07, 6.45) is 5.15. The van der Waals surface area contributed by atoms with Crippen LogP contribution in [0.1, 0.15) is 36.7 Å². The summed E-state index contributed by atoms with van der Waals surface area (Å²) in [4.78, 5) is 17.0. The van der Waals surface area contributed by atoms with Gasteiger partial charge in [0.2, 0.25) is 0 Å². The molecular weight excluding hydrogens is 350 g/mol. The predicted octanol–water partition coefficient (Wildman–Crippen LogP) is 3.25. The Bertz CT molecular complexity index is 943. The van der Waals surface area contributed by atoms with Gasteiger partial charge < -0.3 is 9.88 Å². The van der Waals surface area contributed by atoms with E-state index in [1.165, 1.54) is 18.4 Å².